The van der Waals surface area contributed by atoms with E-state index in [1.54, 1.807) is 22.7 Å². The first-order valence-corrected chi connectivity index (χ1v) is 11.4. The Kier molecular flexibility index (Phi) is 7.53. The summed E-state index contributed by atoms with van der Waals surface area (Å²) >= 11 is 0. The fourth-order valence-electron chi connectivity index (χ4n) is 3.90. The van der Waals surface area contributed by atoms with Gasteiger partial charge in [0.05, 0.1) is 19.0 Å². The van der Waals surface area contributed by atoms with E-state index in [-0.39, 0.29) is 17.2 Å². The SMILES string of the molecule is CCc1cc(Nc2nccn3c(-c4ccc(OC)c(F)c4F)cnc23)ccc1C(=O)NCCCC=O. The Morgan fingerprint density at radius 2 is 2.00 bits per heavy atom. The maximum Gasteiger partial charge on any atom is 0.251 e. The molecule has 0 aliphatic heterocycles. The van der Waals surface area contributed by atoms with E-state index in [0.29, 0.717) is 54.2 Å². The maximum absolute atomic E-state index is 14.7. The van der Waals surface area contributed by atoms with Gasteiger partial charge in [-0.25, -0.2) is 14.4 Å². The number of benzene rings is 2. The molecule has 36 heavy (non-hydrogen) atoms. The average molecular weight is 494 g/mol. The lowest BCUT2D eigenvalue weighted by molar-refractivity contribution is -0.107. The van der Waals surface area contributed by atoms with Gasteiger partial charge in [0.25, 0.3) is 5.91 Å². The Hall–Kier alpha value is -4.34. The van der Waals surface area contributed by atoms with E-state index in [4.69, 9.17) is 4.74 Å². The van der Waals surface area contributed by atoms with E-state index in [2.05, 4.69) is 20.6 Å². The van der Waals surface area contributed by atoms with Gasteiger partial charge in [-0.1, -0.05) is 6.92 Å². The minimum atomic E-state index is -1.07. The highest BCUT2D eigenvalue weighted by atomic mass is 19.2. The number of nitrogens with zero attached hydrogens (tertiary/aromatic N) is 3. The normalized spacial score (nSPS) is 10.9. The predicted octanol–water partition coefficient (Wildman–Crippen LogP) is 4.70. The third kappa shape index (κ3) is 4.88. The first kappa shape index (κ1) is 24.8. The van der Waals surface area contributed by atoms with Crippen LogP contribution in [0.5, 0.6) is 5.75 Å². The van der Waals surface area contributed by atoms with Gasteiger partial charge in [0.15, 0.2) is 23.0 Å². The van der Waals surface area contributed by atoms with Crippen molar-refractivity contribution in [1.29, 1.82) is 0 Å². The van der Waals surface area contributed by atoms with Crippen molar-refractivity contribution < 1.29 is 23.1 Å². The van der Waals surface area contributed by atoms with Crippen molar-refractivity contribution in [3.05, 3.63) is 71.7 Å². The summed E-state index contributed by atoms with van der Waals surface area (Å²) in [6.07, 6.45) is 7.03. The smallest absolute Gasteiger partial charge is 0.251 e. The summed E-state index contributed by atoms with van der Waals surface area (Å²) in [5.74, 6) is -2.08. The van der Waals surface area contributed by atoms with Gasteiger partial charge in [0, 0.05) is 42.2 Å². The van der Waals surface area contributed by atoms with Crippen molar-refractivity contribution in [3.63, 3.8) is 0 Å². The lowest BCUT2D eigenvalue weighted by atomic mass is 10.0. The highest BCUT2D eigenvalue weighted by Crippen LogP contribution is 2.31. The Morgan fingerprint density at radius 1 is 1.17 bits per heavy atom. The van der Waals surface area contributed by atoms with Crippen molar-refractivity contribution in [2.24, 2.45) is 0 Å². The molecule has 0 saturated carbocycles. The average Bonchev–Trinajstić information content (AvgIpc) is 3.33. The van der Waals surface area contributed by atoms with Crippen molar-refractivity contribution >= 4 is 29.3 Å². The maximum atomic E-state index is 14.7. The fourth-order valence-corrected chi connectivity index (χ4v) is 3.90. The number of halogens is 2. The number of ether oxygens (including phenoxy) is 1. The monoisotopic (exact) mass is 493 g/mol. The molecule has 0 aliphatic rings. The number of carbonyl (C=O) groups is 2. The molecule has 0 spiro atoms. The standard InChI is InChI=1S/C26H25F2N5O3/c1-3-16-14-17(6-7-18(16)26(35)30-10-4-5-13-34)32-24-25-31-15-20(33(25)12-11-29-24)19-8-9-21(36-2)23(28)22(19)27/h6-9,11-15H,3-5,10H2,1-2H3,(H,29,32)(H,30,35). The van der Waals surface area contributed by atoms with Crippen LogP contribution in [0.25, 0.3) is 16.9 Å². The second-order valence-corrected chi connectivity index (χ2v) is 7.97. The van der Waals surface area contributed by atoms with Gasteiger partial charge in [0.2, 0.25) is 5.82 Å². The number of aryl methyl sites for hydroxylation is 1. The number of aldehydes is 1. The van der Waals surface area contributed by atoms with Crippen LogP contribution < -0.4 is 15.4 Å². The summed E-state index contributed by atoms with van der Waals surface area (Å²) in [6.45, 7) is 2.37. The van der Waals surface area contributed by atoms with E-state index < -0.39 is 11.6 Å². The van der Waals surface area contributed by atoms with Crippen LogP contribution in [0.3, 0.4) is 0 Å². The molecule has 0 atom stereocenters. The largest absolute Gasteiger partial charge is 0.494 e. The quantitative estimate of drug-likeness (QED) is 0.246. The van der Waals surface area contributed by atoms with Crippen LogP contribution >= 0.6 is 0 Å². The van der Waals surface area contributed by atoms with Gasteiger partial charge in [-0.05, 0) is 48.7 Å². The summed E-state index contributed by atoms with van der Waals surface area (Å²) in [5, 5.41) is 6.03. The molecule has 0 unspecified atom stereocenters. The van der Waals surface area contributed by atoms with Crippen molar-refractivity contribution in [1.82, 2.24) is 19.7 Å². The predicted molar refractivity (Wildman–Crippen MR) is 132 cm³/mol. The Labute approximate surface area is 206 Å². The van der Waals surface area contributed by atoms with E-state index in [9.17, 15) is 18.4 Å². The summed E-state index contributed by atoms with van der Waals surface area (Å²) < 4.78 is 35.5. The zero-order valence-electron chi connectivity index (χ0n) is 19.8. The van der Waals surface area contributed by atoms with E-state index in [1.165, 1.54) is 31.6 Å². The highest BCUT2D eigenvalue weighted by molar-refractivity contribution is 5.96. The molecule has 2 aromatic carbocycles. The zero-order valence-corrected chi connectivity index (χ0v) is 19.8. The number of rotatable bonds is 10. The van der Waals surface area contributed by atoms with Crippen molar-refractivity contribution in [2.45, 2.75) is 26.2 Å². The van der Waals surface area contributed by atoms with Crippen molar-refractivity contribution in [3.8, 4) is 17.0 Å². The van der Waals surface area contributed by atoms with E-state index >= 15 is 0 Å². The lowest BCUT2D eigenvalue weighted by Gasteiger charge is -2.13. The van der Waals surface area contributed by atoms with Crippen LogP contribution in [0.15, 0.2) is 48.9 Å². The minimum Gasteiger partial charge on any atom is -0.494 e. The first-order chi connectivity index (χ1) is 17.5. The number of anilines is 2. The topological polar surface area (TPSA) is 97.6 Å². The van der Waals surface area contributed by atoms with Gasteiger partial charge >= 0.3 is 0 Å². The molecule has 186 valence electrons. The number of fused-ring (bicyclic) bond motifs is 1. The third-order valence-electron chi connectivity index (χ3n) is 5.75. The molecule has 0 fully saturated rings. The number of hydrogen-bond acceptors (Lipinski definition) is 6. The molecule has 8 nitrogen and oxygen atoms in total. The molecule has 0 saturated heterocycles. The molecule has 2 aromatic heterocycles. The molecule has 4 rings (SSSR count). The zero-order chi connectivity index (χ0) is 25.7. The number of methoxy groups -OCH3 is 1. The summed E-state index contributed by atoms with van der Waals surface area (Å²) in [5.41, 5.74) is 2.88. The van der Waals surface area contributed by atoms with Crippen LogP contribution in [0.4, 0.5) is 20.3 Å². The highest BCUT2D eigenvalue weighted by Gasteiger charge is 2.19. The van der Waals surface area contributed by atoms with Crippen LogP contribution in [-0.2, 0) is 11.2 Å². The fraction of sp³-hybridized carbons (Fsp3) is 0.231. The second kappa shape index (κ2) is 10.9. The van der Waals surface area contributed by atoms with Gasteiger partial charge in [-0.15, -0.1) is 0 Å². The number of hydrogen-bond donors (Lipinski definition) is 2. The molecular weight excluding hydrogens is 468 g/mol. The molecule has 1 amide bonds. The lowest BCUT2D eigenvalue weighted by Crippen LogP contribution is -2.25. The number of nitrogens with one attached hydrogen (secondary N) is 2. The number of amides is 1. The first-order valence-electron chi connectivity index (χ1n) is 11.4. The van der Waals surface area contributed by atoms with Crippen LogP contribution in [0.1, 0.15) is 35.7 Å². The van der Waals surface area contributed by atoms with Crippen LogP contribution in [0.2, 0.25) is 0 Å². The van der Waals surface area contributed by atoms with Crippen LogP contribution in [0, 0.1) is 11.6 Å². The second-order valence-electron chi connectivity index (χ2n) is 7.97. The van der Waals surface area contributed by atoms with Crippen LogP contribution in [-0.4, -0.2) is 40.2 Å². The molecular formula is C26H25F2N5O3. The summed E-state index contributed by atoms with van der Waals surface area (Å²) in [4.78, 5) is 31.7. The third-order valence-corrected chi connectivity index (χ3v) is 5.75. The Morgan fingerprint density at radius 3 is 2.75 bits per heavy atom. The Bertz CT molecular complexity index is 1420. The van der Waals surface area contributed by atoms with Gasteiger partial charge in [-0.3, -0.25) is 9.20 Å². The summed E-state index contributed by atoms with van der Waals surface area (Å²) in [6, 6.07) is 8.13. The molecule has 0 aliphatic carbocycles. The number of carbonyl (C=O) groups excluding carboxylic acids is 2. The molecule has 2 heterocycles. The number of unbranched alkanes of at least 4 members (excludes halogenated alkanes) is 1. The molecule has 0 bridgehead atoms. The van der Waals surface area contributed by atoms with E-state index in [1.807, 2.05) is 13.0 Å². The van der Waals surface area contributed by atoms with E-state index in [0.717, 1.165) is 11.8 Å². The summed E-state index contributed by atoms with van der Waals surface area (Å²) in [7, 11) is 1.27. The van der Waals surface area contributed by atoms with Gasteiger partial charge < -0.3 is 20.2 Å². The molecule has 2 N–H and O–H groups in total. The molecule has 4 aromatic rings. The van der Waals surface area contributed by atoms with Gasteiger partial charge in [0.1, 0.15) is 6.29 Å². The van der Waals surface area contributed by atoms with Crippen molar-refractivity contribution in [2.75, 3.05) is 19.0 Å². The molecule has 10 heteroatoms. The molecule has 0 radical (unpaired) electrons. The minimum absolute atomic E-state index is 0.0368. The van der Waals surface area contributed by atoms with Gasteiger partial charge in [-0.2, -0.15) is 4.39 Å². The number of aromatic nitrogens is 3. The number of imidazole rings is 1. The Balaban J connectivity index is 1.61.